The van der Waals surface area contributed by atoms with Crippen molar-refractivity contribution < 1.29 is 4.79 Å². The number of aromatic nitrogens is 2. The summed E-state index contributed by atoms with van der Waals surface area (Å²) in [5, 5.41) is 5.98. The maximum atomic E-state index is 11.9. The van der Waals surface area contributed by atoms with Crippen LogP contribution in [0.2, 0.25) is 0 Å². The van der Waals surface area contributed by atoms with E-state index in [2.05, 4.69) is 20.6 Å². The van der Waals surface area contributed by atoms with Crippen LogP contribution < -0.4 is 15.5 Å². The van der Waals surface area contributed by atoms with Crippen LogP contribution in [0.25, 0.3) is 0 Å². The molecule has 1 heterocycles. The Kier molecular flexibility index (Phi) is 5.51. The second-order valence-electron chi connectivity index (χ2n) is 5.96. The lowest BCUT2D eigenvalue weighted by molar-refractivity contribution is 0.0943. The van der Waals surface area contributed by atoms with E-state index in [1.54, 1.807) is 6.20 Å². The van der Waals surface area contributed by atoms with Crippen LogP contribution >= 0.6 is 0 Å². The zero-order valence-corrected chi connectivity index (χ0v) is 14.0. The Bertz CT molecular complexity index is 635. The van der Waals surface area contributed by atoms with Gasteiger partial charge in [0.1, 0.15) is 11.5 Å². The Hall–Kier alpha value is -2.63. The normalized spacial score (nSPS) is 10.5. The van der Waals surface area contributed by atoms with Crippen molar-refractivity contribution in [3.05, 3.63) is 42.4 Å². The molecule has 2 N–H and O–H groups in total. The van der Waals surface area contributed by atoms with Gasteiger partial charge in [0.15, 0.2) is 0 Å². The second kappa shape index (κ2) is 7.58. The molecule has 1 amide bonds. The van der Waals surface area contributed by atoms with Crippen molar-refractivity contribution >= 4 is 23.1 Å². The van der Waals surface area contributed by atoms with Crippen molar-refractivity contribution in [2.24, 2.45) is 5.92 Å². The number of benzene rings is 1. The van der Waals surface area contributed by atoms with Gasteiger partial charge in [0.2, 0.25) is 0 Å². The summed E-state index contributed by atoms with van der Waals surface area (Å²) < 4.78 is 0. The third kappa shape index (κ3) is 4.95. The summed E-state index contributed by atoms with van der Waals surface area (Å²) in [7, 11) is 3.99. The van der Waals surface area contributed by atoms with Gasteiger partial charge in [-0.1, -0.05) is 13.8 Å². The van der Waals surface area contributed by atoms with Crippen LogP contribution in [0.15, 0.2) is 36.7 Å². The molecule has 0 atom stereocenters. The molecule has 122 valence electrons. The summed E-state index contributed by atoms with van der Waals surface area (Å²) >= 11 is 0. The van der Waals surface area contributed by atoms with E-state index in [9.17, 15) is 4.79 Å². The van der Waals surface area contributed by atoms with Gasteiger partial charge < -0.3 is 15.5 Å². The Morgan fingerprint density at radius 3 is 2.35 bits per heavy atom. The SMILES string of the molecule is CC(C)CNC(=O)c1cnc(Nc2ccc(N(C)C)cc2)cn1. The number of hydrogen-bond donors (Lipinski definition) is 2. The van der Waals surface area contributed by atoms with Crippen LogP contribution in [0.4, 0.5) is 17.2 Å². The summed E-state index contributed by atoms with van der Waals surface area (Å²) in [5.41, 5.74) is 2.36. The fourth-order valence-electron chi connectivity index (χ4n) is 1.89. The van der Waals surface area contributed by atoms with Crippen molar-refractivity contribution in [1.29, 1.82) is 0 Å². The standard InChI is InChI=1S/C17H23N5O/c1-12(2)9-20-17(23)15-10-19-16(11-18-15)21-13-5-7-14(8-6-13)22(3)4/h5-8,10-12H,9H2,1-4H3,(H,19,21)(H,20,23). The Morgan fingerprint density at radius 2 is 1.83 bits per heavy atom. The molecule has 1 aromatic heterocycles. The lowest BCUT2D eigenvalue weighted by Crippen LogP contribution is -2.28. The Morgan fingerprint density at radius 1 is 1.13 bits per heavy atom. The molecule has 0 radical (unpaired) electrons. The van der Waals surface area contributed by atoms with E-state index in [-0.39, 0.29) is 5.91 Å². The van der Waals surface area contributed by atoms with Crippen molar-refractivity contribution in [3.63, 3.8) is 0 Å². The van der Waals surface area contributed by atoms with Gasteiger partial charge in [0, 0.05) is 32.0 Å². The molecule has 0 aliphatic heterocycles. The number of hydrogen-bond acceptors (Lipinski definition) is 5. The number of carbonyl (C=O) groups is 1. The first kappa shape index (κ1) is 16.7. The van der Waals surface area contributed by atoms with Crippen molar-refractivity contribution in [2.75, 3.05) is 30.9 Å². The van der Waals surface area contributed by atoms with E-state index in [0.29, 0.717) is 24.0 Å². The van der Waals surface area contributed by atoms with Gasteiger partial charge in [-0.3, -0.25) is 4.79 Å². The van der Waals surface area contributed by atoms with E-state index in [0.717, 1.165) is 11.4 Å². The Labute approximate surface area is 137 Å². The van der Waals surface area contributed by atoms with Gasteiger partial charge in [-0.15, -0.1) is 0 Å². The maximum absolute atomic E-state index is 11.9. The molecule has 0 spiro atoms. The molecule has 2 rings (SSSR count). The minimum atomic E-state index is -0.201. The van der Waals surface area contributed by atoms with Gasteiger partial charge in [-0.05, 0) is 30.2 Å². The molecular formula is C17H23N5O. The first-order chi connectivity index (χ1) is 11.0. The highest BCUT2D eigenvalue weighted by Gasteiger charge is 2.08. The zero-order valence-electron chi connectivity index (χ0n) is 14.0. The molecule has 6 nitrogen and oxygen atoms in total. The van der Waals surface area contributed by atoms with Gasteiger partial charge in [-0.25, -0.2) is 9.97 Å². The van der Waals surface area contributed by atoms with Crippen LogP contribution in [0.1, 0.15) is 24.3 Å². The average molecular weight is 313 g/mol. The molecule has 0 aliphatic carbocycles. The minimum absolute atomic E-state index is 0.201. The molecule has 6 heteroatoms. The monoisotopic (exact) mass is 313 g/mol. The van der Waals surface area contributed by atoms with E-state index in [4.69, 9.17) is 0 Å². The molecule has 0 aliphatic rings. The lowest BCUT2D eigenvalue weighted by atomic mass is 10.2. The van der Waals surface area contributed by atoms with Crippen molar-refractivity contribution in [3.8, 4) is 0 Å². The average Bonchev–Trinajstić information content (AvgIpc) is 2.54. The molecule has 2 aromatic rings. The fourth-order valence-corrected chi connectivity index (χ4v) is 1.89. The number of nitrogens with zero attached hydrogens (tertiary/aromatic N) is 3. The number of carbonyl (C=O) groups excluding carboxylic acids is 1. The summed E-state index contributed by atoms with van der Waals surface area (Å²) in [6.45, 7) is 4.71. The molecule has 0 unspecified atom stereocenters. The minimum Gasteiger partial charge on any atom is -0.378 e. The van der Waals surface area contributed by atoms with Gasteiger partial charge in [0.25, 0.3) is 5.91 Å². The predicted molar refractivity (Wildman–Crippen MR) is 93.3 cm³/mol. The van der Waals surface area contributed by atoms with Crippen LogP contribution in [-0.2, 0) is 0 Å². The smallest absolute Gasteiger partial charge is 0.271 e. The molecule has 0 saturated heterocycles. The maximum Gasteiger partial charge on any atom is 0.271 e. The van der Waals surface area contributed by atoms with Gasteiger partial charge >= 0.3 is 0 Å². The number of rotatable bonds is 6. The molecule has 0 bridgehead atoms. The predicted octanol–water partition coefficient (Wildman–Crippen LogP) is 2.67. The van der Waals surface area contributed by atoms with E-state index >= 15 is 0 Å². The summed E-state index contributed by atoms with van der Waals surface area (Å²) in [6, 6.07) is 7.98. The number of amides is 1. The van der Waals surface area contributed by atoms with Crippen LogP contribution in [0.3, 0.4) is 0 Å². The van der Waals surface area contributed by atoms with Crippen LogP contribution in [-0.4, -0.2) is 36.5 Å². The first-order valence-electron chi connectivity index (χ1n) is 7.60. The molecule has 1 aromatic carbocycles. The highest BCUT2D eigenvalue weighted by atomic mass is 16.1. The fraction of sp³-hybridized carbons (Fsp3) is 0.353. The molecular weight excluding hydrogens is 290 g/mol. The first-order valence-corrected chi connectivity index (χ1v) is 7.60. The Balaban J connectivity index is 1.98. The topological polar surface area (TPSA) is 70.2 Å². The van der Waals surface area contributed by atoms with Crippen LogP contribution in [0, 0.1) is 5.92 Å². The molecule has 23 heavy (non-hydrogen) atoms. The summed E-state index contributed by atoms with van der Waals surface area (Å²) in [4.78, 5) is 22.3. The number of anilines is 3. The van der Waals surface area contributed by atoms with Crippen molar-refractivity contribution in [1.82, 2.24) is 15.3 Å². The molecule has 0 fully saturated rings. The van der Waals surface area contributed by atoms with Crippen molar-refractivity contribution in [2.45, 2.75) is 13.8 Å². The van der Waals surface area contributed by atoms with E-state index in [1.807, 2.05) is 57.1 Å². The van der Waals surface area contributed by atoms with Crippen LogP contribution in [0.5, 0.6) is 0 Å². The summed E-state index contributed by atoms with van der Waals surface area (Å²) in [6.07, 6.45) is 3.04. The number of nitrogens with one attached hydrogen (secondary N) is 2. The van der Waals surface area contributed by atoms with Gasteiger partial charge in [-0.2, -0.15) is 0 Å². The lowest BCUT2D eigenvalue weighted by Gasteiger charge is -2.13. The zero-order chi connectivity index (χ0) is 16.8. The largest absolute Gasteiger partial charge is 0.378 e. The van der Waals surface area contributed by atoms with Gasteiger partial charge in [0.05, 0.1) is 12.4 Å². The quantitative estimate of drug-likeness (QED) is 0.858. The van der Waals surface area contributed by atoms with E-state index < -0.39 is 0 Å². The highest BCUT2D eigenvalue weighted by molar-refractivity contribution is 5.92. The van der Waals surface area contributed by atoms with E-state index in [1.165, 1.54) is 6.20 Å². The summed E-state index contributed by atoms with van der Waals surface area (Å²) in [5.74, 6) is 0.800. The molecule has 0 saturated carbocycles. The second-order valence-corrected chi connectivity index (χ2v) is 5.96. The third-order valence-corrected chi connectivity index (χ3v) is 3.21. The highest BCUT2D eigenvalue weighted by Crippen LogP contribution is 2.18. The third-order valence-electron chi connectivity index (χ3n) is 3.21.